The van der Waals surface area contributed by atoms with Gasteiger partial charge in [-0.25, -0.2) is 0 Å². The number of benzene rings is 1. The van der Waals surface area contributed by atoms with E-state index in [1.54, 1.807) is 26.2 Å². The molecule has 2 rings (SSSR count). The van der Waals surface area contributed by atoms with Crippen molar-refractivity contribution in [3.63, 3.8) is 0 Å². The quantitative estimate of drug-likeness (QED) is 0.874. The van der Waals surface area contributed by atoms with Gasteiger partial charge in [0.05, 0.1) is 0 Å². The molecule has 0 unspecified atom stereocenters. The van der Waals surface area contributed by atoms with Crippen molar-refractivity contribution in [3.8, 4) is 11.6 Å². The molecule has 0 bridgehead atoms. The van der Waals surface area contributed by atoms with Gasteiger partial charge in [0.15, 0.2) is 5.69 Å². The second-order valence-corrected chi connectivity index (χ2v) is 5.03. The Morgan fingerprint density at radius 3 is 2.43 bits per heavy atom. The molecule has 110 valence electrons. The van der Waals surface area contributed by atoms with E-state index in [2.05, 4.69) is 10.2 Å². The summed E-state index contributed by atoms with van der Waals surface area (Å²) in [7, 11) is 3.32. The number of carbonyl (C=O) groups is 1. The van der Waals surface area contributed by atoms with E-state index in [1.807, 2.05) is 26.0 Å². The molecule has 0 saturated heterocycles. The summed E-state index contributed by atoms with van der Waals surface area (Å²) in [5.74, 6) is 0.800. The van der Waals surface area contributed by atoms with Crippen LogP contribution in [-0.2, 0) is 0 Å². The summed E-state index contributed by atoms with van der Waals surface area (Å²) in [6, 6.07) is 6.91. The van der Waals surface area contributed by atoms with Gasteiger partial charge in [-0.2, -0.15) is 0 Å². The van der Waals surface area contributed by atoms with E-state index in [0.717, 1.165) is 16.8 Å². The van der Waals surface area contributed by atoms with Crippen LogP contribution in [0.15, 0.2) is 24.3 Å². The highest BCUT2D eigenvalue weighted by molar-refractivity contribution is 5.91. The maximum atomic E-state index is 11.7. The number of carbonyl (C=O) groups excluding carboxylic acids is 1. The first kappa shape index (κ1) is 14.8. The molecule has 1 amide bonds. The van der Waals surface area contributed by atoms with Gasteiger partial charge in [-0.1, -0.05) is 0 Å². The number of anilines is 1. The summed E-state index contributed by atoms with van der Waals surface area (Å²) in [6.45, 7) is 3.81. The van der Waals surface area contributed by atoms with Crippen LogP contribution in [0.2, 0.25) is 0 Å². The molecule has 6 nitrogen and oxygen atoms in total. The Hall–Kier alpha value is -2.63. The molecule has 1 aromatic heterocycles. The lowest BCUT2D eigenvalue weighted by Crippen LogP contribution is -2.23. The Kier molecular flexibility index (Phi) is 4.07. The minimum atomic E-state index is -0.200. The van der Waals surface area contributed by atoms with Crippen molar-refractivity contribution in [2.75, 3.05) is 19.8 Å². The lowest BCUT2D eigenvalue weighted by atomic mass is 10.1. The van der Waals surface area contributed by atoms with Crippen LogP contribution in [0.3, 0.4) is 0 Å². The summed E-state index contributed by atoms with van der Waals surface area (Å²) >= 11 is 0. The van der Waals surface area contributed by atoms with Gasteiger partial charge in [0, 0.05) is 25.8 Å². The highest BCUT2D eigenvalue weighted by Gasteiger charge is 2.11. The molecule has 0 atom stereocenters. The van der Waals surface area contributed by atoms with E-state index < -0.39 is 0 Å². The van der Waals surface area contributed by atoms with Crippen LogP contribution in [0.5, 0.6) is 11.6 Å². The second-order valence-electron chi connectivity index (χ2n) is 5.03. The third-order valence-electron chi connectivity index (χ3n) is 3.04. The van der Waals surface area contributed by atoms with Gasteiger partial charge >= 0.3 is 0 Å². The molecule has 2 aromatic rings. The van der Waals surface area contributed by atoms with E-state index >= 15 is 0 Å². The molecular weight excluding hydrogens is 268 g/mol. The van der Waals surface area contributed by atoms with Crippen molar-refractivity contribution in [2.45, 2.75) is 13.8 Å². The van der Waals surface area contributed by atoms with E-state index in [0.29, 0.717) is 11.6 Å². The molecule has 1 aromatic carbocycles. The van der Waals surface area contributed by atoms with Crippen LogP contribution in [0.25, 0.3) is 0 Å². The van der Waals surface area contributed by atoms with Gasteiger partial charge in [-0.3, -0.25) is 4.79 Å². The second kappa shape index (κ2) is 5.78. The first-order valence-corrected chi connectivity index (χ1v) is 6.48. The van der Waals surface area contributed by atoms with E-state index in [4.69, 9.17) is 10.5 Å². The minimum absolute atomic E-state index is 0.200. The maximum absolute atomic E-state index is 11.7. The number of hydrogen-bond donors (Lipinski definition) is 1. The molecule has 0 fully saturated rings. The average molecular weight is 286 g/mol. The van der Waals surface area contributed by atoms with Crippen molar-refractivity contribution >= 4 is 11.6 Å². The van der Waals surface area contributed by atoms with Gasteiger partial charge in [-0.05, 0) is 43.2 Å². The third kappa shape index (κ3) is 3.28. The smallest absolute Gasteiger partial charge is 0.273 e. The fourth-order valence-corrected chi connectivity index (χ4v) is 1.75. The Bertz CT molecular complexity index is 666. The zero-order chi connectivity index (χ0) is 15.6. The number of nitrogens with zero attached hydrogens (tertiary/aromatic N) is 3. The number of nitrogen functional groups attached to an aromatic ring is 1. The Balaban J connectivity index is 2.21. The number of aromatic nitrogens is 2. The highest BCUT2D eigenvalue weighted by Crippen LogP contribution is 2.27. The maximum Gasteiger partial charge on any atom is 0.273 e. The lowest BCUT2D eigenvalue weighted by Gasteiger charge is -2.11. The molecule has 0 radical (unpaired) electrons. The van der Waals surface area contributed by atoms with Crippen LogP contribution < -0.4 is 10.5 Å². The van der Waals surface area contributed by atoms with Gasteiger partial charge in [0.25, 0.3) is 5.91 Å². The number of ether oxygens (including phenoxy) is 1. The van der Waals surface area contributed by atoms with Crippen LogP contribution in [-0.4, -0.2) is 35.1 Å². The SMILES string of the molecule is Cc1cc(Oc2ccc(C(=O)N(C)C)nn2)c(C)cc1N. The van der Waals surface area contributed by atoms with Gasteiger partial charge in [0.2, 0.25) is 5.88 Å². The van der Waals surface area contributed by atoms with Crippen molar-refractivity contribution in [1.82, 2.24) is 15.1 Å². The molecular formula is C15H18N4O2. The molecule has 21 heavy (non-hydrogen) atoms. The van der Waals surface area contributed by atoms with E-state index in [-0.39, 0.29) is 11.6 Å². The zero-order valence-electron chi connectivity index (χ0n) is 12.5. The molecule has 0 aliphatic rings. The third-order valence-corrected chi connectivity index (χ3v) is 3.04. The number of nitrogens with two attached hydrogens (primary N) is 1. The minimum Gasteiger partial charge on any atom is -0.437 e. The van der Waals surface area contributed by atoms with Crippen LogP contribution >= 0.6 is 0 Å². The van der Waals surface area contributed by atoms with E-state index in [9.17, 15) is 4.79 Å². The summed E-state index contributed by atoms with van der Waals surface area (Å²) in [6.07, 6.45) is 0. The number of rotatable bonds is 3. The Labute approximate surface area is 123 Å². The fourth-order valence-electron chi connectivity index (χ4n) is 1.75. The molecule has 2 N–H and O–H groups in total. The first-order valence-electron chi connectivity index (χ1n) is 6.48. The Morgan fingerprint density at radius 2 is 1.86 bits per heavy atom. The molecule has 0 aliphatic carbocycles. The summed E-state index contributed by atoms with van der Waals surface area (Å²) in [4.78, 5) is 13.2. The summed E-state index contributed by atoms with van der Waals surface area (Å²) < 4.78 is 5.69. The topological polar surface area (TPSA) is 81.3 Å². The monoisotopic (exact) mass is 286 g/mol. The van der Waals surface area contributed by atoms with Gasteiger partial charge in [0.1, 0.15) is 5.75 Å². The van der Waals surface area contributed by atoms with Crippen LogP contribution in [0.4, 0.5) is 5.69 Å². The van der Waals surface area contributed by atoms with Crippen molar-refractivity contribution in [1.29, 1.82) is 0 Å². The van der Waals surface area contributed by atoms with Crippen molar-refractivity contribution in [3.05, 3.63) is 41.1 Å². The van der Waals surface area contributed by atoms with Gasteiger partial charge in [-0.15, -0.1) is 10.2 Å². The molecule has 1 heterocycles. The van der Waals surface area contributed by atoms with E-state index in [1.165, 1.54) is 4.90 Å². The standard InChI is InChI=1S/C15H18N4O2/c1-9-8-13(10(2)7-11(9)16)21-14-6-5-12(17-18-14)15(20)19(3)4/h5-8H,16H2,1-4H3. The van der Waals surface area contributed by atoms with Crippen molar-refractivity contribution in [2.24, 2.45) is 0 Å². The number of aryl methyl sites for hydroxylation is 2. The van der Waals surface area contributed by atoms with Crippen LogP contribution in [0.1, 0.15) is 21.6 Å². The summed E-state index contributed by atoms with van der Waals surface area (Å²) in [5.41, 5.74) is 8.68. The normalized spacial score (nSPS) is 10.3. The largest absolute Gasteiger partial charge is 0.437 e. The molecule has 0 aliphatic heterocycles. The predicted molar refractivity (Wildman–Crippen MR) is 80.5 cm³/mol. The van der Waals surface area contributed by atoms with Crippen molar-refractivity contribution < 1.29 is 9.53 Å². The average Bonchev–Trinajstić information content (AvgIpc) is 2.44. The zero-order valence-corrected chi connectivity index (χ0v) is 12.5. The van der Waals surface area contributed by atoms with Crippen LogP contribution in [0, 0.1) is 13.8 Å². The number of amides is 1. The first-order chi connectivity index (χ1) is 9.88. The van der Waals surface area contributed by atoms with Gasteiger partial charge < -0.3 is 15.4 Å². The molecule has 0 saturated carbocycles. The predicted octanol–water partition coefficient (Wildman–Crippen LogP) is 2.17. The Morgan fingerprint density at radius 1 is 1.14 bits per heavy atom. The summed E-state index contributed by atoms with van der Waals surface area (Å²) in [5, 5.41) is 7.79. The molecule has 0 spiro atoms. The number of hydrogen-bond acceptors (Lipinski definition) is 5. The highest BCUT2D eigenvalue weighted by atomic mass is 16.5. The fraction of sp³-hybridized carbons (Fsp3) is 0.267. The lowest BCUT2D eigenvalue weighted by molar-refractivity contribution is 0.0820. The molecule has 6 heteroatoms.